The molecule has 1 fully saturated rings. The van der Waals surface area contributed by atoms with Crippen molar-refractivity contribution in [3.63, 3.8) is 0 Å². The van der Waals surface area contributed by atoms with Crippen LogP contribution in [0.25, 0.3) is 0 Å². The fraction of sp³-hybridized carbons (Fsp3) is 0.533. The van der Waals surface area contributed by atoms with Crippen molar-refractivity contribution in [3.8, 4) is 11.5 Å². The van der Waals surface area contributed by atoms with Crippen molar-refractivity contribution in [1.82, 2.24) is 0 Å². The van der Waals surface area contributed by atoms with Gasteiger partial charge in [-0.3, -0.25) is 4.79 Å². The van der Waals surface area contributed by atoms with Crippen LogP contribution in [-0.2, 0) is 4.79 Å². The van der Waals surface area contributed by atoms with Crippen molar-refractivity contribution in [2.75, 3.05) is 12.4 Å². The van der Waals surface area contributed by atoms with Crippen LogP contribution < -0.4 is 20.5 Å². The minimum Gasteiger partial charge on any atom is -0.497 e. The number of hydrogen-bond donors (Lipinski definition) is 2. The first kappa shape index (κ1) is 16.5. The Hall–Kier alpha value is -1.89. The number of rotatable bonds is 5. The lowest BCUT2D eigenvalue weighted by molar-refractivity contribution is -0.121. The molecule has 0 saturated heterocycles. The highest BCUT2D eigenvalue weighted by atomic mass is 19.3. The average Bonchev–Trinajstić information content (AvgIpc) is 2.48. The summed E-state index contributed by atoms with van der Waals surface area (Å²) in [6.07, 6.45) is 3.13. The van der Waals surface area contributed by atoms with Crippen LogP contribution in [0.3, 0.4) is 0 Å². The van der Waals surface area contributed by atoms with Gasteiger partial charge in [0.15, 0.2) is 0 Å². The number of anilines is 1. The maximum absolute atomic E-state index is 12.4. The van der Waals surface area contributed by atoms with E-state index in [0.29, 0.717) is 12.2 Å². The Labute approximate surface area is 127 Å². The van der Waals surface area contributed by atoms with Gasteiger partial charge in [-0.25, -0.2) is 0 Å². The Balaban J connectivity index is 2.13. The van der Waals surface area contributed by atoms with E-state index in [0.717, 1.165) is 19.3 Å². The Kier molecular flexibility index (Phi) is 5.54. The summed E-state index contributed by atoms with van der Waals surface area (Å²) in [6, 6.07) is 4.29. The zero-order valence-corrected chi connectivity index (χ0v) is 12.4. The number of alkyl halides is 2. The van der Waals surface area contributed by atoms with Gasteiger partial charge in [-0.2, -0.15) is 8.78 Å². The molecule has 0 bridgehead atoms. The molecule has 1 aliphatic carbocycles. The van der Waals surface area contributed by atoms with Gasteiger partial charge >= 0.3 is 6.61 Å². The zero-order chi connectivity index (χ0) is 16.1. The predicted molar refractivity (Wildman–Crippen MR) is 78.2 cm³/mol. The average molecular weight is 314 g/mol. The molecule has 0 aromatic heterocycles. The molecule has 5 nitrogen and oxygen atoms in total. The highest BCUT2D eigenvalue weighted by Crippen LogP contribution is 2.32. The van der Waals surface area contributed by atoms with Gasteiger partial charge in [0.2, 0.25) is 5.91 Å². The van der Waals surface area contributed by atoms with Gasteiger partial charge < -0.3 is 20.5 Å². The van der Waals surface area contributed by atoms with Gasteiger partial charge in [0, 0.05) is 18.0 Å². The van der Waals surface area contributed by atoms with E-state index < -0.39 is 6.61 Å². The first-order valence-electron chi connectivity index (χ1n) is 7.19. The molecule has 7 heteroatoms. The van der Waals surface area contributed by atoms with E-state index in [1.54, 1.807) is 0 Å². The summed E-state index contributed by atoms with van der Waals surface area (Å²) in [7, 11) is 1.45. The third-order valence-electron chi connectivity index (χ3n) is 3.75. The van der Waals surface area contributed by atoms with Crippen LogP contribution in [0.1, 0.15) is 25.7 Å². The molecule has 0 spiro atoms. The topological polar surface area (TPSA) is 73.6 Å². The van der Waals surface area contributed by atoms with E-state index in [1.807, 2.05) is 0 Å². The Bertz CT molecular complexity index is 526. The van der Waals surface area contributed by atoms with Crippen molar-refractivity contribution in [1.29, 1.82) is 0 Å². The summed E-state index contributed by atoms with van der Waals surface area (Å²) in [5.41, 5.74) is 6.04. The second-order valence-electron chi connectivity index (χ2n) is 5.35. The number of carbonyl (C=O) groups excluding carboxylic acids is 1. The normalized spacial score (nSPS) is 21.5. The summed E-state index contributed by atoms with van der Waals surface area (Å²) in [5.74, 6) is -0.0987. The van der Waals surface area contributed by atoms with Crippen molar-refractivity contribution in [2.24, 2.45) is 11.7 Å². The van der Waals surface area contributed by atoms with Crippen LogP contribution >= 0.6 is 0 Å². The van der Waals surface area contributed by atoms with E-state index in [2.05, 4.69) is 10.1 Å². The lowest BCUT2D eigenvalue weighted by Crippen LogP contribution is -2.34. The number of ether oxygens (including phenoxy) is 2. The van der Waals surface area contributed by atoms with Crippen molar-refractivity contribution < 1.29 is 23.0 Å². The molecule has 2 rings (SSSR count). The van der Waals surface area contributed by atoms with Crippen LogP contribution in [0.4, 0.5) is 14.5 Å². The minimum absolute atomic E-state index is 0.00611. The highest BCUT2D eigenvalue weighted by molar-refractivity contribution is 5.94. The van der Waals surface area contributed by atoms with Gasteiger partial charge in [0.1, 0.15) is 11.5 Å². The Morgan fingerprint density at radius 1 is 1.41 bits per heavy atom. The number of carbonyl (C=O) groups is 1. The Morgan fingerprint density at radius 3 is 2.82 bits per heavy atom. The molecule has 1 aromatic carbocycles. The summed E-state index contributed by atoms with van der Waals surface area (Å²) >= 11 is 0. The second-order valence-corrected chi connectivity index (χ2v) is 5.35. The predicted octanol–water partition coefficient (Wildman–Crippen LogP) is 2.75. The number of hydrogen-bond acceptors (Lipinski definition) is 4. The zero-order valence-electron chi connectivity index (χ0n) is 12.4. The lowest BCUT2D eigenvalue weighted by atomic mass is 9.85. The van der Waals surface area contributed by atoms with Crippen LogP contribution in [0, 0.1) is 5.92 Å². The van der Waals surface area contributed by atoms with Crippen LogP contribution in [0.2, 0.25) is 0 Å². The molecule has 0 aliphatic heterocycles. The number of amides is 1. The molecular formula is C15H20F2N2O3. The van der Waals surface area contributed by atoms with E-state index in [4.69, 9.17) is 10.5 Å². The van der Waals surface area contributed by atoms with Crippen molar-refractivity contribution in [2.45, 2.75) is 38.3 Å². The molecule has 2 atom stereocenters. The maximum atomic E-state index is 12.4. The molecule has 1 saturated carbocycles. The third-order valence-corrected chi connectivity index (χ3v) is 3.75. The molecule has 122 valence electrons. The van der Waals surface area contributed by atoms with Crippen molar-refractivity contribution >= 4 is 11.6 Å². The van der Waals surface area contributed by atoms with Crippen LogP contribution in [-0.4, -0.2) is 25.7 Å². The van der Waals surface area contributed by atoms with E-state index in [9.17, 15) is 13.6 Å². The number of methoxy groups -OCH3 is 1. The van der Waals surface area contributed by atoms with E-state index >= 15 is 0 Å². The second kappa shape index (κ2) is 7.40. The van der Waals surface area contributed by atoms with Crippen LogP contribution in [0.15, 0.2) is 18.2 Å². The highest BCUT2D eigenvalue weighted by Gasteiger charge is 2.26. The largest absolute Gasteiger partial charge is 0.497 e. The molecule has 1 aliphatic rings. The smallest absolute Gasteiger partial charge is 0.387 e. The van der Waals surface area contributed by atoms with Gasteiger partial charge in [-0.05, 0) is 31.4 Å². The lowest BCUT2D eigenvalue weighted by Gasteiger charge is -2.26. The molecule has 1 amide bonds. The number of halogens is 2. The third kappa shape index (κ3) is 4.30. The quantitative estimate of drug-likeness (QED) is 0.876. The van der Waals surface area contributed by atoms with Crippen LogP contribution in [0.5, 0.6) is 11.5 Å². The van der Waals surface area contributed by atoms with E-state index in [1.165, 1.54) is 25.3 Å². The molecule has 1 aromatic rings. The SMILES string of the molecule is COc1ccc(OC(F)F)c(NC(=O)C2CCCC(N)C2)c1. The fourth-order valence-corrected chi connectivity index (χ4v) is 2.63. The monoisotopic (exact) mass is 314 g/mol. The molecule has 0 radical (unpaired) electrons. The summed E-state index contributed by atoms with van der Waals surface area (Å²) in [4.78, 5) is 12.3. The summed E-state index contributed by atoms with van der Waals surface area (Å²) < 4.78 is 34.4. The van der Waals surface area contributed by atoms with Gasteiger partial charge in [-0.15, -0.1) is 0 Å². The molecule has 2 unspecified atom stereocenters. The van der Waals surface area contributed by atoms with Gasteiger partial charge in [-0.1, -0.05) is 6.42 Å². The first-order chi connectivity index (χ1) is 10.5. The van der Waals surface area contributed by atoms with Crippen molar-refractivity contribution in [3.05, 3.63) is 18.2 Å². The standard InChI is InChI=1S/C15H20F2N2O3/c1-21-11-5-6-13(22-15(16)17)12(8-11)19-14(20)9-3-2-4-10(18)7-9/h5-6,8-10,15H,2-4,7,18H2,1H3,(H,19,20). The van der Waals surface area contributed by atoms with E-state index in [-0.39, 0.29) is 29.3 Å². The first-order valence-corrected chi connectivity index (χ1v) is 7.19. The minimum atomic E-state index is -2.97. The fourth-order valence-electron chi connectivity index (χ4n) is 2.63. The molecule has 22 heavy (non-hydrogen) atoms. The summed E-state index contributed by atoms with van der Waals surface area (Å²) in [6.45, 7) is -2.97. The molecular weight excluding hydrogens is 294 g/mol. The van der Waals surface area contributed by atoms with Gasteiger partial charge in [0.25, 0.3) is 0 Å². The maximum Gasteiger partial charge on any atom is 0.387 e. The van der Waals surface area contributed by atoms with Gasteiger partial charge in [0.05, 0.1) is 12.8 Å². The number of nitrogens with two attached hydrogens (primary N) is 1. The summed E-state index contributed by atoms with van der Waals surface area (Å²) in [5, 5.41) is 2.65. The number of benzene rings is 1. The Morgan fingerprint density at radius 2 is 2.18 bits per heavy atom. The molecule has 3 N–H and O–H groups in total. The number of nitrogens with one attached hydrogen (secondary N) is 1. The molecule has 0 heterocycles.